The Kier molecular flexibility index (Phi) is 8.32. The molecule has 1 aromatic carbocycles. The molecule has 1 aliphatic heterocycles. The van der Waals surface area contributed by atoms with Gasteiger partial charge >= 0.3 is 5.97 Å². The number of cyclic esters (lactones) is 1. The van der Waals surface area contributed by atoms with E-state index in [1.165, 1.54) is 37.8 Å². The third-order valence-corrected chi connectivity index (χ3v) is 7.74. The first-order valence-electron chi connectivity index (χ1n) is 12.7. The molecule has 5 rings (SSSR count). The molecule has 3 aliphatic rings. The van der Waals surface area contributed by atoms with Crippen LogP contribution in [0.5, 0.6) is 0 Å². The lowest BCUT2D eigenvalue weighted by molar-refractivity contribution is -0.144. The molecule has 3 fully saturated rings. The Balaban J connectivity index is 0.000000527. The molecule has 2 heterocycles. The second-order valence-corrected chi connectivity index (χ2v) is 9.74. The number of rotatable bonds is 5. The summed E-state index contributed by atoms with van der Waals surface area (Å²) in [5.41, 5.74) is 2.62. The van der Waals surface area contributed by atoms with Gasteiger partial charge in [-0.1, -0.05) is 43.5 Å². The highest BCUT2D eigenvalue weighted by molar-refractivity contribution is 5.75. The van der Waals surface area contributed by atoms with Crippen LogP contribution in [-0.2, 0) is 19.1 Å². The fraction of sp³-hybridized carbons (Fsp3) is 0.483. The van der Waals surface area contributed by atoms with Crippen molar-refractivity contribution in [3.63, 3.8) is 0 Å². The number of hydrogen-bond acceptors (Lipinski definition) is 5. The Bertz CT molecular complexity index is 1040. The van der Waals surface area contributed by atoms with Crippen molar-refractivity contribution in [2.75, 3.05) is 6.61 Å². The van der Waals surface area contributed by atoms with Gasteiger partial charge in [0.15, 0.2) is 0 Å². The van der Waals surface area contributed by atoms with Gasteiger partial charge in [0.05, 0.1) is 18.2 Å². The van der Waals surface area contributed by atoms with E-state index in [0.29, 0.717) is 30.8 Å². The summed E-state index contributed by atoms with van der Waals surface area (Å²) < 4.78 is 23.3. The van der Waals surface area contributed by atoms with E-state index in [2.05, 4.69) is 28.8 Å². The maximum atomic E-state index is 13.5. The SMILES string of the molecule is CCOC=O.C[C@@H]1OC(=O)C2CC3CCCCC3C(/C=C/c3ccc(-c4cccc(F)c4)cn3)[C@H]21. The number of fused-ring (bicyclic) bond motifs is 2. The summed E-state index contributed by atoms with van der Waals surface area (Å²) in [5.74, 6) is 1.73. The normalized spacial score (nSPS) is 29.4. The molecular weight excluding hydrogens is 445 g/mol. The highest BCUT2D eigenvalue weighted by Gasteiger charge is 2.53. The topological polar surface area (TPSA) is 65.5 Å². The minimum Gasteiger partial charge on any atom is -0.468 e. The molecular formula is C29H34FNO4. The Morgan fingerprint density at radius 3 is 2.69 bits per heavy atom. The van der Waals surface area contributed by atoms with Gasteiger partial charge in [-0.3, -0.25) is 14.6 Å². The van der Waals surface area contributed by atoms with Crippen LogP contribution in [-0.4, -0.2) is 30.1 Å². The average Bonchev–Trinajstić information content (AvgIpc) is 3.16. The summed E-state index contributed by atoms with van der Waals surface area (Å²) in [6.07, 6.45) is 12.2. The number of hydrogen-bond donors (Lipinski definition) is 0. The highest BCUT2D eigenvalue weighted by Crippen LogP contribution is 2.53. The lowest BCUT2D eigenvalue weighted by atomic mass is 9.57. The highest BCUT2D eigenvalue weighted by atomic mass is 19.1. The smallest absolute Gasteiger partial charge is 0.309 e. The number of benzene rings is 1. The van der Waals surface area contributed by atoms with Gasteiger partial charge < -0.3 is 9.47 Å². The summed E-state index contributed by atoms with van der Waals surface area (Å²) in [6.45, 7) is 4.72. The van der Waals surface area contributed by atoms with Crippen molar-refractivity contribution in [3.05, 3.63) is 60.2 Å². The van der Waals surface area contributed by atoms with Gasteiger partial charge in [-0.05, 0) is 74.3 Å². The number of allylic oxidation sites excluding steroid dienone is 1. The monoisotopic (exact) mass is 479 g/mol. The number of esters is 1. The Morgan fingerprint density at radius 2 is 2.00 bits per heavy atom. The van der Waals surface area contributed by atoms with Crippen molar-refractivity contribution >= 4 is 18.5 Å². The summed E-state index contributed by atoms with van der Waals surface area (Å²) in [7, 11) is 0. The van der Waals surface area contributed by atoms with Gasteiger partial charge in [-0.2, -0.15) is 0 Å². The van der Waals surface area contributed by atoms with Gasteiger partial charge in [0.25, 0.3) is 6.47 Å². The van der Waals surface area contributed by atoms with Gasteiger partial charge in [0, 0.05) is 17.7 Å². The van der Waals surface area contributed by atoms with Crippen LogP contribution in [0.3, 0.4) is 0 Å². The first kappa shape index (κ1) is 25.1. The van der Waals surface area contributed by atoms with Gasteiger partial charge in [0.2, 0.25) is 0 Å². The quantitative estimate of drug-likeness (QED) is 0.384. The molecule has 5 nitrogen and oxygen atoms in total. The Morgan fingerprint density at radius 1 is 1.17 bits per heavy atom. The van der Waals surface area contributed by atoms with Crippen molar-refractivity contribution in [3.8, 4) is 11.1 Å². The van der Waals surface area contributed by atoms with Crippen molar-refractivity contribution in [1.82, 2.24) is 4.98 Å². The average molecular weight is 480 g/mol. The zero-order valence-corrected chi connectivity index (χ0v) is 20.4. The molecule has 0 amide bonds. The molecule has 0 bridgehead atoms. The molecule has 0 N–H and O–H groups in total. The summed E-state index contributed by atoms with van der Waals surface area (Å²) in [5, 5.41) is 0. The minimum atomic E-state index is -0.243. The molecule has 1 saturated heterocycles. The van der Waals surface area contributed by atoms with Crippen LogP contribution in [0.15, 0.2) is 48.7 Å². The van der Waals surface area contributed by atoms with Crippen LogP contribution in [0, 0.1) is 35.4 Å². The predicted octanol–water partition coefficient (Wildman–Crippen LogP) is 6.08. The van der Waals surface area contributed by atoms with E-state index in [1.807, 2.05) is 18.2 Å². The zero-order chi connectivity index (χ0) is 24.8. The lowest BCUT2D eigenvalue weighted by Gasteiger charge is -2.45. The number of carbonyl (C=O) groups is 2. The second kappa shape index (κ2) is 11.6. The largest absolute Gasteiger partial charge is 0.468 e. The molecule has 4 unspecified atom stereocenters. The van der Waals surface area contributed by atoms with E-state index in [-0.39, 0.29) is 29.7 Å². The molecule has 2 aliphatic carbocycles. The van der Waals surface area contributed by atoms with Crippen LogP contribution < -0.4 is 0 Å². The molecule has 6 atom stereocenters. The van der Waals surface area contributed by atoms with Gasteiger partial charge in [-0.15, -0.1) is 0 Å². The summed E-state index contributed by atoms with van der Waals surface area (Å²) in [6, 6.07) is 10.5. The number of nitrogens with zero attached hydrogens (tertiary/aromatic N) is 1. The second-order valence-electron chi connectivity index (χ2n) is 9.74. The van der Waals surface area contributed by atoms with Crippen LogP contribution in [0.25, 0.3) is 17.2 Å². The first-order valence-corrected chi connectivity index (χ1v) is 12.7. The van der Waals surface area contributed by atoms with E-state index in [9.17, 15) is 14.0 Å². The van der Waals surface area contributed by atoms with E-state index in [1.54, 1.807) is 19.2 Å². The number of carbonyl (C=O) groups excluding carboxylic acids is 2. The van der Waals surface area contributed by atoms with E-state index < -0.39 is 0 Å². The number of ether oxygens (including phenoxy) is 2. The number of halogens is 1. The molecule has 0 radical (unpaired) electrons. The van der Waals surface area contributed by atoms with Crippen LogP contribution >= 0.6 is 0 Å². The maximum Gasteiger partial charge on any atom is 0.309 e. The summed E-state index contributed by atoms with van der Waals surface area (Å²) >= 11 is 0. The van der Waals surface area contributed by atoms with Gasteiger partial charge in [-0.25, -0.2) is 4.39 Å². The fourth-order valence-corrected chi connectivity index (χ4v) is 6.21. The number of pyridine rings is 1. The Hall–Kier alpha value is -3.02. The molecule has 35 heavy (non-hydrogen) atoms. The molecule has 2 aromatic rings. The van der Waals surface area contributed by atoms with Crippen LogP contribution in [0.2, 0.25) is 0 Å². The van der Waals surface area contributed by atoms with Crippen LogP contribution in [0.4, 0.5) is 4.39 Å². The van der Waals surface area contributed by atoms with E-state index in [4.69, 9.17) is 4.74 Å². The lowest BCUT2D eigenvalue weighted by Crippen LogP contribution is -2.42. The standard InChI is InChI=1S/C26H28FNO2.C3H6O2/c1-16-25-23(22-8-3-2-5-18(22)14-24(25)26(29)30-16)12-11-21-10-9-19(15-28-21)17-6-4-7-20(27)13-17;1-2-5-3-4/h4,6-7,9-13,15-16,18,22-25H,2-3,5,8,14H2,1H3;3H,2H2,1H3/b12-11+;/t16-,18?,22?,23?,24?,25+;/m0./s1. The molecule has 1 aromatic heterocycles. The van der Waals surface area contributed by atoms with E-state index >= 15 is 0 Å². The van der Waals surface area contributed by atoms with E-state index in [0.717, 1.165) is 23.2 Å². The number of aromatic nitrogens is 1. The zero-order valence-electron chi connectivity index (χ0n) is 20.4. The third kappa shape index (κ3) is 5.80. The molecule has 6 heteroatoms. The third-order valence-electron chi connectivity index (χ3n) is 7.74. The van der Waals surface area contributed by atoms with Crippen molar-refractivity contribution < 1.29 is 23.5 Å². The minimum absolute atomic E-state index is 0.00694. The van der Waals surface area contributed by atoms with Gasteiger partial charge in [0.1, 0.15) is 11.9 Å². The fourth-order valence-electron chi connectivity index (χ4n) is 6.21. The van der Waals surface area contributed by atoms with Crippen molar-refractivity contribution in [2.24, 2.45) is 29.6 Å². The van der Waals surface area contributed by atoms with Crippen molar-refractivity contribution in [2.45, 2.75) is 52.1 Å². The predicted molar refractivity (Wildman–Crippen MR) is 132 cm³/mol. The maximum absolute atomic E-state index is 13.5. The molecule has 186 valence electrons. The molecule has 0 spiro atoms. The van der Waals surface area contributed by atoms with Crippen LogP contribution in [0.1, 0.15) is 51.6 Å². The summed E-state index contributed by atoms with van der Waals surface area (Å²) in [4.78, 5) is 26.2. The molecule has 2 saturated carbocycles. The Labute approximate surface area is 206 Å². The van der Waals surface area contributed by atoms with Crippen molar-refractivity contribution in [1.29, 1.82) is 0 Å². The first-order chi connectivity index (χ1) is 17.0.